The Kier molecular flexibility index (Phi) is 5.91. The van der Waals surface area contributed by atoms with Crippen molar-refractivity contribution >= 4 is 0 Å². The second-order valence-corrected chi connectivity index (χ2v) is 2.61. The van der Waals surface area contributed by atoms with Crippen LogP contribution < -0.4 is 0 Å². The van der Waals surface area contributed by atoms with Gasteiger partial charge in [0.2, 0.25) is 0 Å². The van der Waals surface area contributed by atoms with Crippen LogP contribution in [-0.2, 0) is 9.47 Å². The molecule has 0 unspecified atom stereocenters. The van der Waals surface area contributed by atoms with Gasteiger partial charge in [-0.25, -0.2) is 0 Å². The Hall–Kier alpha value is -0.520. The Balaban J connectivity index is 3.47. The molecule has 0 aromatic rings. The fraction of sp³-hybridized carbons (Fsp3) is 0.778. The molecule has 0 fully saturated rings. The zero-order valence-electron chi connectivity index (χ0n) is 7.46. The van der Waals surface area contributed by atoms with E-state index in [9.17, 15) is 0 Å². The first kappa shape index (κ1) is 10.5. The number of ether oxygens (including phenoxy) is 2. The highest BCUT2D eigenvalue weighted by Gasteiger charge is 2.08. The zero-order valence-corrected chi connectivity index (χ0v) is 7.46. The summed E-state index contributed by atoms with van der Waals surface area (Å²) in [4.78, 5) is 0. The van der Waals surface area contributed by atoms with Gasteiger partial charge < -0.3 is 9.47 Å². The molecule has 0 rings (SSSR count). The third-order valence-corrected chi connectivity index (χ3v) is 1.30. The summed E-state index contributed by atoms with van der Waals surface area (Å²) >= 11 is 0. The van der Waals surface area contributed by atoms with E-state index in [4.69, 9.17) is 15.9 Å². The third-order valence-electron chi connectivity index (χ3n) is 1.30. The molecule has 0 saturated carbocycles. The van der Waals surface area contributed by atoms with Crippen LogP contribution in [0, 0.1) is 18.3 Å². The second-order valence-electron chi connectivity index (χ2n) is 2.61. The van der Waals surface area contributed by atoms with Crippen molar-refractivity contribution in [3.8, 4) is 12.3 Å². The third kappa shape index (κ3) is 4.83. The highest BCUT2D eigenvalue weighted by Crippen LogP contribution is 2.04. The zero-order chi connectivity index (χ0) is 8.69. The van der Waals surface area contributed by atoms with E-state index in [2.05, 4.69) is 5.92 Å². The summed E-state index contributed by atoms with van der Waals surface area (Å²) < 4.78 is 10.2. The summed E-state index contributed by atoms with van der Waals surface area (Å²) in [5.74, 6) is 2.91. The smallest absolute Gasteiger partial charge is 0.148 e. The maximum absolute atomic E-state index is 5.23. The highest BCUT2D eigenvalue weighted by molar-refractivity contribution is 4.95. The van der Waals surface area contributed by atoms with Crippen LogP contribution in [0.4, 0.5) is 0 Å². The van der Waals surface area contributed by atoms with Crippen LogP contribution in [0.5, 0.6) is 0 Å². The Labute approximate surface area is 68.9 Å². The number of rotatable bonds is 5. The number of hydrogen-bond acceptors (Lipinski definition) is 2. The summed E-state index contributed by atoms with van der Waals surface area (Å²) in [6.45, 7) is 6.93. The van der Waals surface area contributed by atoms with Crippen LogP contribution in [0.25, 0.3) is 0 Å². The lowest BCUT2D eigenvalue weighted by molar-refractivity contribution is -0.0800. The van der Waals surface area contributed by atoms with Gasteiger partial charge in [0.05, 0.1) is 0 Å². The topological polar surface area (TPSA) is 18.5 Å². The summed E-state index contributed by atoms with van der Waals surface area (Å²) in [7, 11) is 0. The molecule has 0 aliphatic heterocycles. The average molecular weight is 156 g/mol. The van der Waals surface area contributed by atoms with Crippen LogP contribution in [0.3, 0.4) is 0 Å². The molecular weight excluding hydrogens is 140 g/mol. The van der Waals surface area contributed by atoms with Crippen molar-refractivity contribution in [2.75, 3.05) is 13.4 Å². The van der Waals surface area contributed by atoms with Crippen molar-refractivity contribution in [1.29, 1.82) is 0 Å². The molecule has 1 atom stereocenters. The molecule has 0 amide bonds. The Morgan fingerprint density at radius 3 is 2.45 bits per heavy atom. The first-order valence-electron chi connectivity index (χ1n) is 3.87. The van der Waals surface area contributed by atoms with Crippen molar-refractivity contribution < 1.29 is 9.47 Å². The minimum atomic E-state index is -0.124. The first-order chi connectivity index (χ1) is 5.22. The van der Waals surface area contributed by atoms with Gasteiger partial charge in [0.15, 0.2) is 0 Å². The molecule has 0 aliphatic carbocycles. The van der Waals surface area contributed by atoms with E-state index in [-0.39, 0.29) is 6.10 Å². The molecule has 11 heavy (non-hydrogen) atoms. The molecule has 2 nitrogen and oxygen atoms in total. The van der Waals surface area contributed by atoms with Gasteiger partial charge in [0.1, 0.15) is 12.9 Å². The van der Waals surface area contributed by atoms with Gasteiger partial charge in [-0.2, -0.15) is 0 Å². The van der Waals surface area contributed by atoms with Crippen LogP contribution in [0.15, 0.2) is 0 Å². The van der Waals surface area contributed by atoms with E-state index in [1.54, 1.807) is 0 Å². The van der Waals surface area contributed by atoms with Gasteiger partial charge in [-0.1, -0.05) is 19.8 Å². The Morgan fingerprint density at radius 2 is 2.09 bits per heavy atom. The summed E-state index contributed by atoms with van der Waals surface area (Å²) in [5.41, 5.74) is 0. The number of terminal acetylenes is 1. The largest absolute Gasteiger partial charge is 0.356 e. The van der Waals surface area contributed by atoms with Gasteiger partial charge in [0.25, 0.3) is 0 Å². The molecule has 0 aromatic carbocycles. The maximum atomic E-state index is 5.23. The van der Waals surface area contributed by atoms with E-state index in [1.165, 1.54) is 0 Å². The summed E-state index contributed by atoms with van der Waals surface area (Å²) in [6.07, 6.45) is 5.10. The van der Waals surface area contributed by atoms with Gasteiger partial charge in [-0.05, 0) is 12.8 Å². The van der Waals surface area contributed by atoms with E-state index in [0.717, 1.165) is 0 Å². The molecule has 0 N–H and O–H groups in total. The molecule has 0 spiro atoms. The normalized spacial score (nSPS) is 13.0. The van der Waals surface area contributed by atoms with E-state index >= 15 is 0 Å². The van der Waals surface area contributed by atoms with Gasteiger partial charge in [0, 0.05) is 6.61 Å². The van der Waals surface area contributed by atoms with Crippen molar-refractivity contribution in [3.63, 3.8) is 0 Å². The fourth-order valence-corrected chi connectivity index (χ4v) is 0.638. The lowest BCUT2D eigenvalue weighted by Gasteiger charge is -2.14. The molecule has 2 heteroatoms. The van der Waals surface area contributed by atoms with Crippen molar-refractivity contribution in [2.45, 2.75) is 26.9 Å². The SMILES string of the molecule is C#C[C@H](OCOCC)C(C)C. The fourth-order valence-electron chi connectivity index (χ4n) is 0.638. The second kappa shape index (κ2) is 6.21. The minimum Gasteiger partial charge on any atom is -0.356 e. The van der Waals surface area contributed by atoms with Crippen molar-refractivity contribution in [2.24, 2.45) is 5.92 Å². The Morgan fingerprint density at radius 1 is 1.45 bits per heavy atom. The van der Waals surface area contributed by atoms with E-state index in [0.29, 0.717) is 19.3 Å². The van der Waals surface area contributed by atoms with Crippen LogP contribution in [0.1, 0.15) is 20.8 Å². The molecule has 0 radical (unpaired) electrons. The monoisotopic (exact) mass is 156 g/mol. The van der Waals surface area contributed by atoms with Gasteiger partial charge >= 0.3 is 0 Å². The minimum absolute atomic E-state index is 0.124. The van der Waals surface area contributed by atoms with Crippen molar-refractivity contribution in [1.82, 2.24) is 0 Å². The van der Waals surface area contributed by atoms with Gasteiger partial charge in [-0.3, -0.25) is 0 Å². The van der Waals surface area contributed by atoms with E-state index < -0.39 is 0 Å². The first-order valence-corrected chi connectivity index (χ1v) is 3.87. The van der Waals surface area contributed by atoms with Crippen LogP contribution >= 0.6 is 0 Å². The molecule has 64 valence electrons. The van der Waals surface area contributed by atoms with Crippen molar-refractivity contribution in [3.05, 3.63) is 0 Å². The van der Waals surface area contributed by atoms with Crippen LogP contribution in [-0.4, -0.2) is 19.5 Å². The quantitative estimate of drug-likeness (QED) is 0.342. The van der Waals surface area contributed by atoms with Crippen LogP contribution in [0.2, 0.25) is 0 Å². The molecule has 0 saturated heterocycles. The average Bonchev–Trinajstić information content (AvgIpc) is 1.97. The predicted octanol–water partition coefficient (Wildman–Crippen LogP) is 1.65. The predicted molar refractivity (Wildman–Crippen MR) is 45.0 cm³/mol. The standard InChI is InChI=1S/C9H16O2/c1-5-9(8(3)4)11-7-10-6-2/h1,8-9H,6-7H2,2-4H3/t9-/m0/s1. The molecule has 0 aromatic heterocycles. The molecule has 0 aliphatic rings. The van der Waals surface area contributed by atoms with E-state index in [1.807, 2.05) is 20.8 Å². The van der Waals surface area contributed by atoms with Gasteiger partial charge in [-0.15, -0.1) is 6.42 Å². The number of hydrogen-bond donors (Lipinski definition) is 0. The lowest BCUT2D eigenvalue weighted by atomic mass is 10.1. The Bertz CT molecular complexity index is 124. The highest BCUT2D eigenvalue weighted by atomic mass is 16.7. The summed E-state index contributed by atoms with van der Waals surface area (Å²) in [5, 5.41) is 0. The molecule has 0 bridgehead atoms. The maximum Gasteiger partial charge on any atom is 0.148 e. The lowest BCUT2D eigenvalue weighted by Crippen LogP contribution is -2.19. The summed E-state index contributed by atoms with van der Waals surface area (Å²) in [6, 6.07) is 0. The molecule has 0 heterocycles. The molecular formula is C9H16O2.